The highest BCUT2D eigenvalue weighted by Gasteiger charge is 2.29. The number of rotatable bonds is 5. The van der Waals surface area contributed by atoms with Crippen LogP contribution in [0, 0.1) is 18.7 Å². The molecule has 0 spiro atoms. The molecular formula is C18H24FN3O. The third kappa shape index (κ3) is 3.98. The number of methoxy groups -OCH3 is 1. The van der Waals surface area contributed by atoms with E-state index < -0.39 is 0 Å². The van der Waals surface area contributed by atoms with Gasteiger partial charge in [0.2, 0.25) is 0 Å². The van der Waals surface area contributed by atoms with Crippen molar-refractivity contribution >= 4 is 0 Å². The Bertz CT molecular complexity index is 643. The van der Waals surface area contributed by atoms with Gasteiger partial charge in [0.05, 0.1) is 12.3 Å². The van der Waals surface area contributed by atoms with Crippen LogP contribution in [0.25, 0.3) is 0 Å². The van der Waals surface area contributed by atoms with E-state index in [1.807, 2.05) is 12.3 Å². The van der Waals surface area contributed by atoms with E-state index in [1.54, 1.807) is 19.2 Å². The summed E-state index contributed by atoms with van der Waals surface area (Å²) in [6.45, 7) is 4.93. The Labute approximate surface area is 136 Å². The average Bonchev–Trinajstić information content (AvgIpc) is 2.93. The van der Waals surface area contributed by atoms with Gasteiger partial charge in [-0.3, -0.25) is 10.00 Å². The van der Waals surface area contributed by atoms with Gasteiger partial charge in [-0.2, -0.15) is 5.10 Å². The number of hydrogen-bond donors (Lipinski definition) is 1. The number of benzene rings is 1. The van der Waals surface area contributed by atoms with E-state index in [1.165, 1.54) is 11.6 Å². The molecule has 0 bridgehead atoms. The molecule has 1 fully saturated rings. The zero-order valence-electron chi connectivity index (χ0n) is 13.8. The number of H-pyrrole nitrogens is 1. The van der Waals surface area contributed by atoms with Gasteiger partial charge in [-0.15, -0.1) is 0 Å². The van der Waals surface area contributed by atoms with E-state index in [2.05, 4.69) is 22.0 Å². The summed E-state index contributed by atoms with van der Waals surface area (Å²) in [6.07, 6.45) is 3.99. The molecule has 1 aliphatic rings. The molecule has 1 saturated heterocycles. The number of nitrogens with one attached hydrogen (secondary N) is 1. The lowest BCUT2D eigenvalue weighted by Gasteiger charge is -2.38. The lowest BCUT2D eigenvalue weighted by molar-refractivity contribution is -0.00854. The first kappa shape index (κ1) is 16.1. The maximum absolute atomic E-state index is 13.4. The number of ether oxygens (including phenoxy) is 1. The Hall–Kier alpha value is -1.72. The van der Waals surface area contributed by atoms with Gasteiger partial charge in [0.15, 0.2) is 0 Å². The predicted octanol–water partition coefficient (Wildman–Crippen LogP) is 2.94. The highest BCUT2D eigenvalue weighted by atomic mass is 19.1. The second-order valence-electron chi connectivity index (χ2n) is 6.41. The van der Waals surface area contributed by atoms with Crippen molar-refractivity contribution in [3.63, 3.8) is 0 Å². The van der Waals surface area contributed by atoms with Crippen LogP contribution in [0.1, 0.15) is 23.2 Å². The fourth-order valence-electron chi connectivity index (χ4n) is 3.48. The first-order valence-corrected chi connectivity index (χ1v) is 8.14. The van der Waals surface area contributed by atoms with Gasteiger partial charge in [-0.25, -0.2) is 4.39 Å². The van der Waals surface area contributed by atoms with Gasteiger partial charge in [0, 0.05) is 43.9 Å². The number of halogens is 1. The Morgan fingerprint density at radius 1 is 1.43 bits per heavy atom. The van der Waals surface area contributed by atoms with E-state index in [9.17, 15) is 4.39 Å². The van der Waals surface area contributed by atoms with Gasteiger partial charge in [0.25, 0.3) is 0 Å². The monoisotopic (exact) mass is 317 g/mol. The zero-order chi connectivity index (χ0) is 16.2. The molecule has 0 saturated carbocycles. The van der Waals surface area contributed by atoms with Crippen LogP contribution < -0.4 is 0 Å². The molecule has 2 aromatic rings. The van der Waals surface area contributed by atoms with Crippen LogP contribution in [0.2, 0.25) is 0 Å². The molecule has 5 heteroatoms. The van der Waals surface area contributed by atoms with E-state index in [-0.39, 0.29) is 11.9 Å². The van der Waals surface area contributed by atoms with E-state index in [0.29, 0.717) is 5.92 Å². The minimum absolute atomic E-state index is 0.168. The summed E-state index contributed by atoms with van der Waals surface area (Å²) in [6, 6.07) is 6.90. The lowest BCUT2D eigenvalue weighted by Crippen LogP contribution is -2.44. The molecule has 0 radical (unpaired) electrons. The van der Waals surface area contributed by atoms with Crippen LogP contribution in [0.4, 0.5) is 4.39 Å². The standard InChI is InChI=1S/C18H24FN3O/c1-13-16(10-20-21-13)12-22-7-6-18(23-2)15(11-22)8-14-4-3-5-17(19)9-14/h3-5,9-10,15,18H,6-8,11-12H2,1-2H3,(H,20,21)/t15-,18+/m1/s1. The molecule has 23 heavy (non-hydrogen) atoms. The van der Waals surface area contributed by atoms with Crippen LogP contribution >= 0.6 is 0 Å². The van der Waals surface area contributed by atoms with Crippen LogP contribution in [-0.4, -0.2) is 41.4 Å². The van der Waals surface area contributed by atoms with E-state index >= 15 is 0 Å². The number of aromatic amines is 1. The molecule has 0 aliphatic carbocycles. The molecule has 2 heterocycles. The summed E-state index contributed by atoms with van der Waals surface area (Å²) in [5.74, 6) is 0.209. The number of nitrogens with zero attached hydrogens (tertiary/aromatic N) is 2. The number of piperidine rings is 1. The molecule has 0 amide bonds. The van der Waals surface area contributed by atoms with Crippen molar-refractivity contribution in [2.75, 3.05) is 20.2 Å². The predicted molar refractivity (Wildman–Crippen MR) is 87.6 cm³/mol. The fourth-order valence-corrected chi connectivity index (χ4v) is 3.48. The largest absolute Gasteiger partial charge is 0.381 e. The van der Waals surface area contributed by atoms with Gasteiger partial charge in [-0.05, 0) is 37.5 Å². The van der Waals surface area contributed by atoms with Crippen molar-refractivity contribution < 1.29 is 9.13 Å². The van der Waals surface area contributed by atoms with E-state index in [0.717, 1.165) is 43.7 Å². The maximum Gasteiger partial charge on any atom is 0.123 e. The summed E-state index contributed by atoms with van der Waals surface area (Å²) in [5, 5.41) is 7.09. The molecule has 1 aromatic carbocycles. The van der Waals surface area contributed by atoms with Crippen LogP contribution in [0.15, 0.2) is 30.5 Å². The molecule has 3 rings (SSSR count). The molecule has 0 unspecified atom stereocenters. The lowest BCUT2D eigenvalue weighted by atomic mass is 9.88. The second-order valence-corrected chi connectivity index (χ2v) is 6.41. The van der Waals surface area contributed by atoms with Crippen molar-refractivity contribution in [3.05, 3.63) is 53.1 Å². The van der Waals surface area contributed by atoms with Crippen molar-refractivity contribution in [1.29, 1.82) is 0 Å². The third-order valence-corrected chi connectivity index (χ3v) is 4.77. The number of aryl methyl sites for hydroxylation is 1. The Balaban J connectivity index is 1.67. The highest BCUT2D eigenvalue weighted by Crippen LogP contribution is 2.25. The van der Waals surface area contributed by atoms with E-state index in [4.69, 9.17) is 4.74 Å². The highest BCUT2D eigenvalue weighted by molar-refractivity contribution is 5.18. The van der Waals surface area contributed by atoms with Gasteiger partial charge in [0.1, 0.15) is 5.82 Å². The minimum atomic E-state index is -0.168. The maximum atomic E-state index is 13.4. The van der Waals surface area contributed by atoms with Gasteiger partial charge in [-0.1, -0.05) is 12.1 Å². The summed E-state index contributed by atoms with van der Waals surface area (Å²) in [5.41, 5.74) is 3.41. The first-order valence-electron chi connectivity index (χ1n) is 8.14. The second kappa shape index (κ2) is 7.23. The molecule has 2 atom stereocenters. The molecular weight excluding hydrogens is 293 g/mol. The van der Waals surface area contributed by atoms with Crippen molar-refractivity contribution in [3.8, 4) is 0 Å². The fraction of sp³-hybridized carbons (Fsp3) is 0.500. The van der Waals surface area contributed by atoms with Crippen molar-refractivity contribution in [2.24, 2.45) is 5.92 Å². The summed E-state index contributed by atoms with van der Waals surface area (Å²) in [7, 11) is 1.78. The number of likely N-dealkylation sites (tertiary alicyclic amines) is 1. The van der Waals surface area contributed by atoms with Gasteiger partial charge < -0.3 is 4.74 Å². The minimum Gasteiger partial charge on any atom is -0.381 e. The van der Waals surface area contributed by atoms with Crippen LogP contribution in [-0.2, 0) is 17.7 Å². The summed E-state index contributed by atoms with van der Waals surface area (Å²) < 4.78 is 19.1. The Morgan fingerprint density at radius 2 is 2.30 bits per heavy atom. The Kier molecular flexibility index (Phi) is 5.08. The van der Waals surface area contributed by atoms with Gasteiger partial charge >= 0.3 is 0 Å². The molecule has 4 nitrogen and oxygen atoms in total. The zero-order valence-corrected chi connectivity index (χ0v) is 13.8. The third-order valence-electron chi connectivity index (χ3n) is 4.77. The normalized spacial score (nSPS) is 22.4. The van der Waals surface area contributed by atoms with Crippen LogP contribution in [0.3, 0.4) is 0 Å². The average molecular weight is 317 g/mol. The first-order chi connectivity index (χ1) is 11.2. The van der Waals surface area contributed by atoms with Crippen LogP contribution in [0.5, 0.6) is 0 Å². The summed E-state index contributed by atoms with van der Waals surface area (Å²) in [4.78, 5) is 2.44. The Morgan fingerprint density at radius 3 is 3.00 bits per heavy atom. The molecule has 124 valence electrons. The number of aromatic nitrogens is 2. The van der Waals surface area contributed by atoms with Crippen molar-refractivity contribution in [1.82, 2.24) is 15.1 Å². The smallest absolute Gasteiger partial charge is 0.123 e. The SMILES string of the molecule is CO[C@H]1CCN(Cc2cn[nH]c2C)C[C@H]1Cc1cccc(F)c1. The number of hydrogen-bond acceptors (Lipinski definition) is 3. The van der Waals surface area contributed by atoms with Crippen molar-refractivity contribution in [2.45, 2.75) is 32.4 Å². The summed E-state index contributed by atoms with van der Waals surface area (Å²) >= 11 is 0. The molecule has 1 aromatic heterocycles. The molecule has 1 N–H and O–H groups in total. The quantitative estimate of drug-likeness (QED) is 0.922. The molecule has 1 aliphatic heterocycles. The topological polar surface area (TPSA) is 41.1 Å².